The van der Waals surface area contributed by atoms with E-state index in [1.165, 1.54) is 31.2 Å². The van der Waals surface area contributed by atoms with Crippen LogP contribution < -0.4 is 0 Å². The molecule has 88 valence electrons. The van der Waals surface area contributed by atoms with Crippen molar-refractivity contribution >= 4 is 11.6 Å². The van der Waals surface area contributed by atoms with Crippen LogP contribution in [0.4, 0.5) is 0 Å². The second-order valence-corrected chi connectivity index (χ2v) is 5.55. The average Bonchev–Trinajstić information content (AvgIpc) is 2.29. The lowest BCUT2D eigenvalue weighted by Gasteiger charge is -2.22. The van der Waals surface area contributed by atoms with Gasteiger partial charge in [0.15, 0.2) is 0 Å². The zero-order valence-corrected chi connectivity index (χ0v) is 11.1. The van der Waals surface area contributed by atoms with E-state index in [9.17, 15) is 0 Å². The minimum atomic E-state index is 0.508. The van der Waals surface area contributed by atoms with Gasteiger partial charge in [0.25, 0.3) is 0 Å². The molecule has 0 amide bonds. The lowest BCUT2D eigenvalue weighted by atomic mass is 9.84. The molecule has 0 aliphatic heterocycles. The Morgan fingerprint density at radius 1 is 1.12 bits per heavy atom. The molecule has 0 spiro atoms. The summed E-state index contributed by atoms with van der Waals surface area (Å²) in [5.41, 5.74) is 4.57. The number of benzene rings is 1. The molecule has 0 nitrogen and oxygen atoms in total. The van der Waals surface area contributed by atoms with E-state index in [1.807, 2.05) is 0 Å². The quantitative estimate of drug-likeness (QED) is 0.676. The summed E-state index contributed by atoms with van der Waals surface area (Å²) in [6.07, 6.45) is 5.23. The number of alkyl halides is 1. The molecule has 1 aromatic rings. The summed E-state index contributed by atoms with van der Waals surface area (Å²) in [5, 5.41) is 0. The van der Waals surface area contributed by atoms with Gasteiger partial charge in [-0.05, 0) is 54.2 Å². The van der Waals surface area contributed by atoms with Gasteiger partial charge in [0.1, 0.15) is 0 Å². The fourth-order valence-electron chi connectivity index (χ4n) is 2.64. The van der Waals surface area contributed by atoms with Crippen LogP contribution in [0.25, 0.3) is 0 Å². The number of halogens is 1. The van der Waals surface area contributed by atoms with Gasteiger partial charge in [-0.1, -0.05) is 32.0 Å². The second kappa shape index (κ2) is 5.23. The molecule has 0 saturated carbocycles. The van der Waals surface area contributed by atoms with Gasteiger partial charge in [-0.15, -0.1) is 11.6 Å². The molecular formula is C15H21Cl. The van der Waals surface area contributed by atoms with Crippen LogP contribution in [-0.4, -0.2) is 5.88 Å². The average molecular weight is 237 g/mol. The van der Waals surface area contributed by atoms with Gasteiger partial charge in [-0.3, -0.25) is 0 Å². The molecular weight excluding hydrogens is 216 g/mol. The molecule has 1 aromatic carbocycles. The molecule has 0 aromatic heterocycles. The van der Waals surface area contributed by atoms with E-state index in [1.54, 1.807) is 11.1 Å². The monoisotopic (exact) mass is 236 g/mol. The minimum Gasteiger partial charge on any atom is -0.126 e. The first-order valence-corrected chi connectivity index (χ1v) is 6.93. The summed E-state index contributed by atoms with van der Waals surface area (Å²) in [6, 6.07) is 7.02. The van der Waals surface area contributed by atoms with Crippen LogP contribution in [0, 0.1) is 5.92 Å². The van der Waals surface area contributed by atoms with E-state index >= 15 is 0 Å². The zero-order valence-electron chi connectivity index (χ0n) is 10.3. The fraction of sp³-hybridized carbons (Fsp3) is 0.600. The topological polar surface area (TPSA) is 0 Å². The Bertz CT molecular complexity index is 354. The van der Waals surface area contributed by atoms with Gasteiger partial charge in [-0.2, -0.15) is 0 Å². The van der Waals surface area contributed by atoms with Gasteiger partial charge < -0.3 is 0 Å². The molecule has 0 N–H and O–H groups in total. The predicted octanol–water partition coefficient (Wildman–Crippen LogP) is 4.54. The molecule has 1 atom stereocenters. The van der Waals surface area contributed by atoms with Crippen molar-refractivity contribution in [2.45, 2.75) is 45.4 Å². The van der Waals surface area contributed by atoms with Crippen molar-refractivity contribution < 1.29 is 0 Å². The molecule has 1 unspecified atom stereocenters. The van der Waals surface area contributed by atoms with Crippen LogP contribution in [0.1, 0.15) is 49.3 Å². The molecule has 1 heteroatoms. The molecule has 16 heavy (non-hydrogen) atoms. The first-order valence-electron chi connectivity index (χ1n) is 6.40. The van der Waals surface area contributed by atoms with Gasteiger partial charge in [0, 0.05) is 5.88 Å². The van der Waals surface area contributed by atoms with Gasteiger partial charge >= 0.3 is 0 Å². The third-order valence-corrected chi connectivity index (χ3v) is 4.10. The van der Waals surface area contributed by atoms with Crippen LogP contribution in [0.15, 0.2) is 18.2 Å². The molecule has 0 bridgehead atoms. The van der Waals surface area contributed by atoms with Crippen LogP contribution >= 0.6 is 11.6 Å². The van der Waals surface area contributed by atoms with Crippen molar-refractivity contribution in [3.8, 4) is 0 Å². The summed E-state index contributed by atoms with van der Waals surface area (Å²) in [6.45, 7) is 4.51. The molecule has 1 aliphatic rings. The van der Waals surface area contributed by atoms with E-state index in [0.717, 1.165) is 5.88 Å². The summed E-state index contributed by atoms with van der Waals surface area (Å²) in [7, 11) is 0. The first kappa shape index (κ1) is 12.0. The number of aryl methyl sites for hydroxylation is 2. The maximum absolute atomic E-state index is 6.08. The first-order chi connectivity index (χ1) is 7.72. The smallest absolute Gasteiger partial charge is 0.0294 e. The second-order valence-electron chi connectivity index (χ2n) is 5.24. The molecule has 0 radical (unpaired) electrons. The molecule has 2 rings (SSSR count). The number of rotatable bonds is 3. The number of hydrogen-bond acceptors (Lipinski definition) is 0. The minimum absolute atomic E-state index is 0.508. The standard InChI is InChI=1S/C15H21Cl/c1-11(2)15(10-16)14-8-7-12-5-3-4-6-13(12)9-14/h7-9,11,15H,3-6,10H2,1-2H3. The van der Waals surface area contributed by atoms with Crippen molar-refractivity contribution in [3.05, 3.63) is 34.9 Å². The SMILES string of the molecule is CC(C)C(CCl)c1ccc2c(c1)CCCC2. The fourth-order valence-corrected chi connectivity index (χ4v) is 3.17. The third-order valence-electron chi connectivity index (χ3n) is 3.77. The summed E-state index contributed by atoms with van der Waals surface area (Å²) in [4.78, 5) is 0. The number of hydrogen-bond donors (Lipinski definition) is 0. The molecule has 0 heterocycles. The Labute approximate surface area is 104 Å². The summed E-state index contributed by atoms with van der Waals surface area (Å²) in [5.74, 6) is 1.87. The lowest BCUT2D eigenvalue weighted by Crippen LogP contribution is -2.10. The Balaban J connectivity index is 2.28. The molecule has 0 fully saturated rings. The van der Waals surface area contributed by atoms with Gasteiger partial charge in [0.05, 0.1) is 0 Å². The third kappa shape index (κ3) is 2.43. The van der Waals surface area contributed by atoms with Crippen molar-refractivity contribution in [3.63, 3.8) is 0 Å². The van der Waals surface area contributed by atoms with Crippen molar-refractivity contribution in [2.24, 2.45) is 5.92 Å². The maximum atomic E-state index is 6.08. The highest BCUT2D eigenvalue weighted by molar-refractivity contribution is 6.18. The van der Waals surface area contributed by atoms with Crippen molar-refractivity contribution in [2.75, 3.05) is 5.88 Å². The normalized spacial score (nSPS) is 17.2. The Morgan fingerprint density at radius 3 is 2.44 bits per heavy atom. The van der Waals surface area contributed by atoms with Crippen LogP contribution in [-0.2, 0) is 12.8 Å². The van der Waals surface area contributed by atoms with E-state index < -0.39 is 0 Å². The van der Waals surface area contributed by atoms with Crippen LogP contribution in [0.5, 0.6) is 0 Å². The highest BCUT2D eigenvalue weighted by Crippen LogP contribution is 2.30. The Hall–Kier alpha value is -0.490. The van der Waals surface area contributed by atoms with Crippen LogP contribution in [0.2, 0.25) is 0 Å². The van der Waals surface area contributed by atoms with E-state index in [-0.39, 0.29) is 0 Å². The maximum Gasteiger partial charge on any atom is 0.0294 e. The lowest BCUT2D eigenvalue weighted by molar-refractivity contribution is 0.538. The van der Waals surface area contributed by atoms with Crippen molar-refractivity contribution in [1.82, 2.24) is 0 Å². The zero-order chi connectivity index (χ0) is 11.5. The molecule has 1 aliphatic carbocycles. The Morgan fingerprint density at radius 2 is 1.81 bits per heavy atom. The van der Waals surface area contributed by atoms with E-state index in [4.69, 9.17) is 11.6 Å². The van der Waals surface area contributed by atoms with E-state index in [2.05, 4.69) is 32.0 Å². The summed E-state index contributed by atoms with van der Waals surface area (Å²) < 4.78 is 0. The number of fused-ring (bicyclic) bond motifs is 1. The van der Waals surface area contributed by atoms with Crippen LogP contribution in [0.3, 0.4) is 0 Å². The van der Waals surface area contributed by atoms with Gasteiger partial charge in [0.2, 0.25) is 0 Å². The van der Waals surface area contributed by atoms with Gasteiger partial charge in [-0.25, -0.2) is 0 Å². The highest BCUT2D eigenvalue weighted by atomic mass is 35.5. The highest BCUT2D eigenvalue weighted by Gasteiger charge is 2.17. The predicted molar refractivity (Wildman–Crippen MR) is 71.4 cm³/mol. The molecule has 0 saturated heterocycles. The Kier molecular flexibility index (Phi) is 3.91. The van der Waals surface area contributed by atoms with Crippen molar-refractivity contribution in [1.29, 1.82) is 0 Å². The van der Waals surface area contributed by atoms with E-state index in [0.29, 0.717) is 11.8 Å². The summed E-state index contributed by atoms with van der Waals surface area (Å²) >= 11 is 6.08. The largest absolute Gasteiger partial charge is 0.126 e.